The molecule has 1 heterocycles. The molecule has 0 aliphatic heterocycles. The molecule has 1 saturated carbocycles. The normalized spacial score (nSPS) is 22.9. The Kier molecular flexibility index (Phi) is 4.33. The topological polar surface area (TPSA) is 62.6 Å². The van der Waals surface area contributed by atoms with E-state index in [0.717, 1.165) is 6.54 Å². The molecular weight excluding hydrogens is 236 g/mol. The van der Waals surface area contributed by atoms with Crippen molar-refractivity contribution in [2.24, 2.45) is 0 Å². The summed E-state index contributed by atoms with van der Waals surface area (Å²) in [7, 11) is 1.60. The second-order valence-electron chi connectivity index (χ2n) is 4.14. The molecule has 0 spiro atoms. The quantitative estimate of drug-likeness (QED) is 0.669. The number of aryl methyl sites for hydroxylation is 1. The molecule has 1 aliphatic rings. The van der Waals surface area contributed by atoms with Gasteiger partial charge >= 0.3 is 0 Å². The minimum absolute atomic E-state index is 0.0824. The van der Waals surface area contributed by atoms with Crippen LogP contribution in [0.1, 0.15) is 13.3 Å². The maximum Gasteiger partial charge on any atom is 0.169 e. The number of hydrogen-bond donors (Lipinski definition) is 0. The van der Waals surface area contributed by atoms with Crippen LogP contribution in [0.3, 0.4) is 0 Å². The highest BCUT2D eigenvalue weighted by Crippen LogP contribution is 2.25. The number of ketones is 1. The summed E-state index contributed by atoms with van der Waals surface area (Å²) in [6.07, 6.45) is 3.19. The zero-order valence-electron chi connectivity index (χ0n) is 10.7. The van der Waals surface area contributed by atoms with E-state index in [1.54, 1.807) is 18.0 Å². The van der Waals surface area contributed by atoms with Gasteiger partial charge in [-0.3, -0.25) is 9.48 Å². The average molecular weight is 254 g/mol. The van der Waals surface area contributed by atoms with E-state index in [-0.39, 0.29) is 11.9 Å². The fourth-order valence-electron chi connectivity index (χ4n) is 1.78. The monoisotopic (exact) mass is 254 g/mol. The first kappa shape index (κ1) is 13.0. The number of hydrogen-bond acceptors (Lipinski definition) is 5. The van der Waals surface area contributed by atoms with Gasteiger partial charge in [0.25, 0.3) is 0 Å². The van der Waals surface area contributed by atoms with Crippen molar-refractivity contribution < 1.29 is 19.0 Å². The highest BCUT2D eigenvalue weighted by Gasteiger charge is 2.42. The standard InChI is InChI=1S/C12H18N2O4/c1-3-14-8-9(7-13-14)18-11-6-10(15)12(11)17-5-4-16-2/h7-8,11-12H,3-6H2,1-2H3. The largest absolute Gasteiger partial charge is 0.483 e. The zero-order valence-corrected chi connectivity index (χ0v) is 10.7. The molecule has 0 saturated heterocycles. The van der Waals surface area contributed by atoms with Gasteiger partial charge in [-0.1, -0.05) is 0 Å². The molecule has 1 aromatic rings. The molecule has 2 unspecified atom stereocenters. The Balaban J connectivity index is 1.83. The summed E-state index contributed by atoms with van der Waals surface area (Å²) in [6.45, 7) is 3.67. The predicted octanol–water partition coefficient (Wildman–Crippen LogP) is 0.655. The minimum Gasteiger partial charge on any atom is -0.483 e. The predicted molar refractivity (Wildman–Crippen MR) is 63.6 cm³/mol. The molecule has 0 aromatic carbocycles. The summed E-state index contributed by atoms with van der Waals surface area (Å²) in [6, 6.07) is 0. The Morgan fingerprint density at radius 3 is 2.94 bits per heavy atom. The number of methoxy groups -OCH3 is 1. The van der Waals surface area contributed by atoms with E-state index >= 15 is 0 Å². The number of ether oxygens (including phenoxy) is 3. The van der Waals surface area contributed by atoms with Crippen molar-refractivity contribution in [1.82, 2.24) is 9.78 Å². The third kappa shape index (κ3) is 2.88. The van der Waals surface area contributed by atoms with E-state index in [0.29, 0.717) is 25.4 Å². The molecule has 100 valence electrons. The molecule has 6 nitrogen and oxygen atoms in total. The van der Waals surface area contributed by atoms with Gasteiger partial charge < -0.3 is 14.2 Å². The van der Waals surface area contributed by atoms with E-state index in [1.165, 1.54) is 0 Å². The van der Waals surface area contributed by atoms with Crippen LogP contribution in [-0.4, -0.2) is 48.1 Å². The molecule has 2 rings (SSSR count). The van der Waals surface area contributed by atoms with Gasteiger partial charge in [0.05, 0.1) is 25.6 Å². The van der Waals surface area contributed by atoms with Gasteiger partial charge in [0.15, 0.2) is 17.6 Å². The summed E-state index contributed by atoms with van der Waals surface area (Å²) in [5.41, 5.74) is 0. The fourth-order valence-corrected chi connectivity index (χ4v) is 1.78. The van der Waals surface area contributed by atoms with Crippen molar-refractivity contribution in [3.05, 3.63) is 12.4 Å². The van der Waals surface area contributed by atoms with Crippen LogP contribution in [0.5, 0.6) is 5.75 Å². The van der Waals surface area contributed by atoms with Crippen LogP contribution in [0.25, 0.3) is 0 Å². The SMILES string of the molecule is CCn1cc(OC2CC(=O)C2OCCOC)cn1. The fraction of sp³-hybridized carbons (Fsp3) is 0.667. The molecule has 1 aliphatic carbocycles. The number of nitrogens with zero attached hydrogens (tertiary/aromatic N) is 2. The highest BCUT2D eigenvalue weighted by atomic mass is 16.6. The van der Waals surface area contributed by atoms with Gasteiger partial charge in [-0.2, -0.15) is 5.10 Å². The first-order valence-corrected chi connectivity index (χ1v) is 6.07. The summed E-state index contributed by atoms with van der Waals surface area (Å²) in [5, 5.41) is 4.11. The Labute approximate surface area is 106 Å². The summed E-state index contributed by atoms with van der Waals surface area (Å²) < 4.78 is 17.7. The van der Waals surface area contributed by atoms with E-state index < -0.39 is 6.10 Å². The molecule has 1 aromatic heterocycles. The molecule has 0 bridgehead atoms. The van der Waals surface area contributed by atoms with Gasteiger partial charge in [0.1, 0.15) is 6.10 Å². The van der Waals surface area contributed by atoms with Crippen molar-refractivity contribution in [2.45, 2.75) is 32.1 Å². The van der Waals surface area contributed by atoms with E-state index in [1.807, 2.05) is 13.1 Å². The second kappa shape index (κ2) is 5.97. The Hall–Kier alpha value is -1.40. The summed E-state index contributed by atoms with van der Waals surface area (Å²) in [4.78, 5) is 11.4. The van der Waals surface area contributed by atoms with E-state index in [4.69, 9.17) is 14.2 Å². The molecule has 1 fully saturated rings. The first-order chi connectivity index (χ1) is 8.74. The molecular formula is C12H18N2O4. The van der Waals surface area contributed by atoms with Crippen molar-refractivity contribution >= 4 is 5.78 Å². The summed E-state index contributed by atoms with van der Waals surface area (Å²) in [5.74, 6) is 0.758. The smallest absolute Gasteiger partial charge is 0.169 e. The van der Waals surface area contributed by atoms with Crippen LogP contribution >= 0.6 is 0 Å². The van der Waals surface area contributed by atoms with E-state index in [2.05, 4.69) is 5.10 Å². The van der Waals surface area contributed by atoms with Crippen molar-refractivity contribution in [3.63, 3.8) is 0 Å². The number of rotatable bonds is 7. The molecule has 18 heavy (non-hydrogen) atoms. The lowest BCUT2D eigenvalue weighted by Crippen LogP contribution is -2.52. The van der Waals surface area contributed by atoms with Crippen LogP contribution in [0, 0.1) is 0 Å². The number of carbonyl (C=O) groups excluding carboxylic acids is 1. The van der Waals surface area contributed by atoms with Gasteiger partial charge in [-0.15, -0.1) is 0 Å². The lowest BCUT2D eigenvalue weighted by molar-refractivity contribution is -0.156. The van der Waals surface area contributed by atoms with Crippen LogP contribution in [-0.2, 0) is 20.8 Å². The Morgan fingerprint density at radius 2 is 2.33 bits per heavy atom. The second-order valence-corrected chi connectivity index (χ2v) is 4.14. The van der Waals surface area contributed by atoms with Crippen molar-refractivity contribution in [2.75, 3.05) is 20.3 Å². The van der Waals surface area contributed by atoms with Crippen LogP contribution in [0.2, 0.25) is 0 Å². The van der Waals surface area contributed by atoms with E-state index in [9.17, 15) is 4.79 Å². The van der Waals surface area contributed by atoms with Crippen LogP contribution < -0.4 is 4.74 Å². The first-order valence-electron chi connectivity index (χ1n) is 6.07. The Bertz CT molecular complexity index is 405. The zero-order chi connectivity index (χ0) is 13.0. The number of carbonyl (C=O) groups is 1. The highest BCUT2D eigenvalue weighted by molar-refractivity contribution is 5.90. The number of Topliss-reactive ketones (excluding diaryl/α,β-unsaturated/α-hetero) is 1. The summed E-state index contributed by atoms with van der Waals surface area (Å²) >= 11 is 0. The van der Waals surface area contributed by atoms with Gasteiger partial charge in [0, 0.05) is 20.1 Å². The third-order valence-corrected chi connectivity index (χ3v) is 2.86. The van der Waals surface area contributed by atoms with Gasteiger partial charge in [-0.25, -0.2) is 0 Å². The molecule has 0 amide bonds. The lowest BCUT2D eigenvalue weighted by Gasteiger charge is -2.34. The van der Waals surface area contributed by atoms with Crippen molar-refractivity contribution in [3.8, 4) is 5.75 Å². The molecule has 2 atom stereocenters. The third-order valence-electron chi connectivity index (χ3n) is 2.86. The van der Waals surface area contributed by atoms with Gasteiger partial charge in [0.2, 0.25) is 0 Å². The molecule has 6 heteroatoms. The Morgan fingerprint density at radius 1 is 1.50 bits per heavy atom. The van der Waals surface area contributed by atoms with Gasteiger partial charge in [-0.05, 0) is 6.92 Å². The van der Waals surface area contributed by atoms with Crippen LogP contribution in [0.4, 0.5) is 0 Å². The maximum absolute atomic E-state index is 11.4. The molecule has 0 N–H and O–H groups in total. The maximum atomic E-state index is 11.4. The minimum atomic E-state index is -0.467. The molecule has 0 radical (unpaired) electrons. The number of aromatic nitrogens is 2. The van der Waals surface area contributed by atoms with Crippen LogP contribution in [0.15, 0.2) is 12.4 Å². The van der Waals surface area contributed by atoms with Crippen molar-refractivity contribution in [1.29, 1.82) is 0 Å². The average Bonchev–Trinajstić information content (AvgIpc) is 2.82. The lowest BCUT2D eigenvalue weighted by atomic mass is 9.90.